The third-order valence-electron chi connectivity index (χ3n) is 3.68. The molecule has 1 saturated carbocycles. The molecule has 88 valence electrons. The van der Waals surface area contributed by atoms with E-state index in [1.54, 1.807) is 0 Å². The zero-order valence-corrected chi connectivity index (χ0v) is 9.66. The van der Waals surface area contributed by atoms with Crippen LogP contribution in [-0.4, -0.2) is 22.1 Å². The number of nitrogen functional groups attached to an aromatic ring is 1. The largest absolute Gasteiger partial charge is 0.396 e. The maximum Gasteiger partial charge on any atom is 0.271 e. The summed E-state index contributed by atoms with van der Waals surface area (Å²) in [6, 6.07) is 0.255. The molecule has 1 aromatic heterocycles. The van der Waals surface area contributed by atoms with Gasteiger partial charge < -0.3 is 11.1 Å². The van der Waals surface area contributed by atoms with Crippen LogP contribution in [0.15, 0.2) is 6.20 Å². The maximum atomic E-state index is 11.9. The van der Waals surface area contributed by atoms with Crippen molar-refractivity contribution in [2.75, 3.05) is 5.73 Å². The van der Waals surface area contributed by atoms with Gasteiger partial charge in [0, 0.05) is 6.04 Å². The standard InChI is InChI=1S/C11H18N4O/c1-6-3-4-9(7(6)2)14-11(16)10-8(12)5-13-15-10/h5-7,9H,3-4,12H2,1-2H3,(H,13,15)(H,14,16). The minimum atomic E-state index is -0.152. The average molecular weight is 222 g/mol. The number of hydrogen-bond acceptors (Lipinski definition) is 3. The molecule has 2 rings (SSSR count). The number of carbonyl (C=O) groups excluding carboxylic acids is 1. The highest BCUT2D eigenvalue weighted by Gasteiger charge is 2.31. The van der Waals surface area contributed by atoms with Crippen LogP contribution in [-0.2, 0) is 0 Å². The molecule has 0 aliphatic heterocycles. The lowest BCUT2D eigenvalue weighted by molar-refractivity contribution is 0.0923. The van der Waals surface area contributed by atoms with Crippen LogP contribution in [0.5, 0.6) is 0 Å². The lowest BCUT2D eigenvalue weighted by Crippen LogP contribution is -2.37. The van der Waals surface area contributed by atoms with E-state index in [0.29, 0.717) is 23.2 Å². The van der Waals surface area contributed by atoms with E-state index >= 15 is 0 Å². The highest BCUT2D eigenvalue weighted by Crippen LogP contribution is 2.31. The smallest absolute Gasteiger partial charge is 0.271 e. The molecule has 3 atom stereocenters. The summed E-state index contributed by atoms with van der Waals surface area (Å²) in [6.45, 7) is 4.40. The van der Waals surface area contributed by atoms with Gasteiger partial charge in [0.1, 0.15) is 5.69 Å². The number of nitrogens with one attached hydrogen (secondary N) is 2. The number of hydrogen-bond donors (Lipinski definition) is 3. The van der Waals surface area contributed by atoms with E-state index < -0.39 is 0 Å². The highest BCUT2D eigenvalue weighted by atomic mass is 16.2. The van der Waals surface area contributed by atoms with Gasteiger partial charge in [0.05, 0.1) is 11.9 Å². The van der Waals surface area contributed by atoms with Gasteiger partial charge in [-0.2, -0.15) is 5.10 Å². The Bertz CT molecular complexity index is 387. The first-order chi connectivity index (χ1) is 7.59. The molecule has 0 radical (unpaired) electrons. The summed E-state index contributed by atoms with van der Waals surface area (Å²) in [5, 5.41) is 9.37. The van der Waals surface area contributed by atoms with Crippen molar-refractivity contribution in [2.45, 2.75) is 32.7 Å². The van der Waals surface area contributed by atoms with Crippen LogP contribution in [0.3, 0.4) is 0 Å². The Hall–Kier alpha value is -1.52. The van der Waals surface area contributed by atoms with Crippen molar-refractivity contribution in [1.29, 1.82) is 0 Å². The molecule has 1 aromatic rings. The topological polar surface area (TPSA) is 83.8 Å². The van der Waals surface area contributed by atoms with Crippen molar-refractivity contribution < 1.29 is 4.79 Å². The molecule has 3 unspecified atom stereocenters. The zero-order chi connectivity index (χ0) is 11.7. The van der Waals surface area contributed by atoms with Gasteiger partial charge in [0.15, 0.2) is 0 Å². The summed E-state index contributed by atoms with van der Waals surface area (Å²) in [7, 11) is 0. The van der Waals surface area contributed by atoms with E-state index in [2.05, 4.69) is 29.4 Å². The Morgan fingerprint density at radius 1 is 1.56 bits per heavy atom. The van der Waals surface area contributed by atoms with Crippen molar-refractivity contribution in [2.24, 2.45) is 11.8 Å². The minimum Gasteiger partial charge on any atom is -0.396 e. The second-order valence-electron chi connectivity index (χ2n) is 4.69. The van der Waals surface area contributed by atoms with Gasteiger partial charge in [-0.05, 0) is 24.7 Å². The third kappa shape index (κ3) is 1.89. The number of nitrogens with two attached hydrogens (primary N) is 1. The molecule has 1 amide bonds. The maximum absolute atomic E-state index is 11.9. The number of carbonyl (C=O) groups is 1. The van der Waals surface area contributed by atoms with Crippen LogP contribution in [0.1, 0.15) is 37.2 Å². The lowest BCUT2D eigenvalue weighted by Gasteiger charge is -2.19. The lowest BCUT2D eigenvalue weighted by atomic mass is 9.98. The Morgan fingerprint density at radius 3 is 2.81 bits per heavy atom. The van der Waals surface area contributed by atoms with E-state index in [1.807, 2.05) is 0 Å². The number of aromatic amines is 1. The Kier molecular flexibility index (Phi) is 2.85. The molecular formula is C11H18N4O. The van der Waals surface area contributed by atoms with E-state index in [1.165, 1.54) is 12.6 Å². The number of rotatable bonds is 2. The molecule has 1 aliphatic rings. The minimum absolute atomic E-state index is 0.152. The second-order valence-corrected chi connectivity index (χ2v) is 4.69. The van der Waals surface area contributed by atoms with Gasteiger partial charge in [-0.25, -0.2) is 0 Å². The molecule has 5 heteroatoms. The molecule has 16 heavy (non-hydrogen) atoms. The fourth-order valence-corrected chi connectivity index (χ4v) is 2.29. The fourth-order valence-electron chi connectivity index (χ4n) is 2.29. The van der Waals surface area contributed by atoms with Gasteiger partial charge in [0.25, 0.3) is 5.91 Å². The quantitative estimate of drug-likeness (QED) is 0.702. The predicted molar refractivity (Wildman–Crippen MR) is 61.8 cm³/mol. The van der Waals surface area contributed by atoms with Crippen LogP contribution in [0.25, 0.3) is 0 Å². The first-order valence-electron chi connectivity index (χ1n) is 5.69. The van der Waals surface area contributed by atoms with Gasteiger partial charge in [-0.3, -0.25) is 9.89 Å². The summed E-state index contributed by atoms with van der Waals surface area (Å²) in [5.41, 5.74) is 6.39. The molecule has 0 saturated heterocycles. The molecule has 1 heterocycles. The summed E-state index contributed by atoms with van der Waals surface area (Å²) in [4.78, 5) is 11.9. The molecule has 0 aromatic carbocycles. The van der Waals surface area contributed by atoms with Crippen molar-refractivity contribution >= 4 is 11.6 Å². The van der Waals surface area contributed by atoms with Gasteiger partial charge >= 0.3 is 0 Å². The number of H-pyrrole nitrogens is 1. The highest BCUT2D eigenvalue weighted by molar-refractivity contribution is 5.97. The number of nitrogens with zero attached hydrogens (tertiary/aromatic N) is 1. The number of anilines is 1. The van der Waals surface area contributed by atoms with Crippen molar-refractivity contribution in [3.05, 3.63) is 11.9 Å². The van der Waals surface area contributed by atoms with Crippen molar-refractivity contribution in [3.63, 3.8) is 0 Å². The average Bonchev–Trinajstić information content (AvgIpc) is 2.79. The molecule has 1 aliphatic carbocycles. The van der Waals surface area contributed by atoms with Gasteiger partial charge in [-0.1, -0.05) is 13.8 Å². The number of aromatic nitrogens is 2. The Morgan fingerprint density at radius 2 is 2.31 bits per heavy atom. The summed E-state index contributed by atoms with van der Waals surface area (Å²) < 4.78 is 0. The molecule has 5 nitrogen and oxygen atoms in total. The summed E-state index contributed by atoms with van der Waals surface area (Å²) in [6.07, 6.45) is 3.67. The van der Waals surface area contributed by atoms with E-state index in [9.17, 15) is 4.79 Å². The summed E-state index contributed by atoms with van der Waals surface area (Å²) in [5.74, 6) is 1.04. The summed E-state index contributed by atoms with van der Waals surface area (Å²) >= 11 is 0. The first-order valence-corrected chi connectivity index (χ1v) is 5.69. The van der Waals surface area contributed by atoms with Crippen LogP contribution < -0.4 is 11.1 Å². The molecule has 0 bridgehead atoms. The Labute approximate surface area is 94.8 Å². The van der Waals surface area contributed by atoms with Crippen molar-refractivity contribution in [1.82, 2.24) is 15.5 Å². The van der Waals surface area contributed by atoms with Crippen LogP contribution in [0, 0.1) is 11.8 Å². The third-order valence-corrected chi connectivity index (χ3v) is 3.68. The zero-order valence-electron chi connectivity index (χ0n) is 9.66. The fraction of sp³-hybridized carbons (Fsp3) is 0.636. The van der Waals surface area contributed by atoms with E-state index in [0.717, 1.165) is 6.42 Å². The van der Waals surface area contributed by atoms with Gasteiger partial charge in [-0.15, -0.1) is 0 Å². The van der Waals surface area contributed by atoms with E-state index in [4.69, 9.17) is 5.73 Å². The number of amides is 1. The van der Waals surface area contributed by atoms with Crippen LogP contribution >= 0.6 is 0 Å². The normalized spacial score (nSPS) is 29.2. The molecule has 1 fully saturated rings. The van der Waals surface area contributed by atoms with Crippen molar-refractivity contribution in [3.8, 4) is 0 Å². The monoisotopic (exact) mass is 222 g/mol. The molecule has 0 spiro atoms. The second kappa shape index (κ2) is 4.15. The predicted octanol–water partition coefficient (Wildman–Crippen LogP) is 1.16. The van der Waals surface area contributed by atoms with Gasteiger partial charge in [0.2, 0.25) is 0 Å². The van der Waals surface area contributed by atoms with Crippen LogP contribution in [0.2, 0.25) is 0 Å². The van der Waals surface area contributed by atoms with E-state index in [-0.39, 0.29) is 11.9 Å². The SMILES string of the molecule is CC1CCC(NC(=O)c2[nH]ncc2N)C1C. The molecular weight excluding hydrogens is 204 g/mol. The molecule has 4 N–H and O–H groups in total. The Balaban J connectivity index is 2.01. The van der Waals surface area contributed by atoms with Crippen LogP contribution in [0.4, 0.5) is 5.69 Å². The first kappa shape index (κ1) is 11.0.